The lowest BCUT2D eigenvalue weighted by Gasteiger charge is -2.42. The predicted molar refractivity (Wildman–Crippen MR) is 182 cm³/mol. The molecule has 1 aromatic heterocycles. The van der Waals surface area contributed by atoms with Gasteiger partial charge in [-0.25, -0.2) is 9.59 Å². The summed E-state index contributed by atoms with van der Waals surface area (Å²) >= 11 is 6.55. The van der Waals surface area contributed by atoms with Gasteiger partial charge in [0.25, 0.3) is 0 Å². The van der Waals surface area contributed by atoms with Crippen LogP contribution >= 0.6 is 11.6 Å². The Balaban J connectivity index is 1.00. The minimum Gasteiger partial charge on any atom is -0.338 e. The third-order valence-corrected chi connectivity index (χ3v) is 10.7. The number of piperazine rings is 1. The van der Waals surface area contributed by atoms with Crippen molar-refractivity contribution < 1.29 is 14.4 Å². The first-order valence-corrected chi connectivity index (χ1v) is 17.4. The fourth-order valence-corrected chi connectivity index (χ4v) is 7.98. The monoisotopic (exact) mass is 661 g/mol. The highest BCUT2D eigenvalue weighted by molar-refractivity contribution is 6.35. The van der Waals surface area contributed by atoms with Gasteiger partial charge >= 0.3 is 12.1 Å². The first kappa shape index (κ1) is 31.7. The minimum atomic E-state index is -0.735. The van der Waals surface area contributed by atoms with Crippen LogP contribution in [0.25, 0.3) is 10.9 Å². The van der Waals surface area contributed by atoms with Gasteiger partial charge in [0.2, 0.25) is 5.91 Å². The van der Waals surface area contributed by atoms with Crippen molar-refractivity contribution in [3.63, 3.8) is 0 Å². The van der Waals surface area contributed by atoms with E-state index in [1.54, 1.807) is 11.1 Å². The molecule has 0 spiro atoms. The Labute approximate surface area is 280 Å². The van der Waals surface area contributed by atoms with E-state index in [2.05, 4.69) is 37.1 Å². The third-order valence-electron chi connectivity index (χ3n) is 10.4. The molecule has 3 saturated heterocycles. The van der Waals surface area contributed by atoms with Gasteiger partial charge in [0.15, 0.2) is 0 Å². The lowest BCUT2D eigenvalue weighted by Crippen LogP contribution is -2.59. The molecule has 2 aromatic carbocycles. The maximum atomic E-state index is 14.1. The molecular weight excluding hydrogens is 618 g/mol. The quantitative estimate of drug-likeness (QED) is 0.321. The number of hydrogen-bond donors (Lipinski definition) is 4. The number of benzene rings is 2. The molecule has 5 amide bonds. The smallest absolute Gasteiger partial charge is 0.322 e. The maximum absolute atomic E-state index is 14.1. The zero-order valence-electron chi connectivity index (χ0n) is 26.7. The summed E-state index contributed by atoms with van der Waals surface area (Å²) in [5.74, 6) is -0.0672. The van der Waals surface area contributed by atoms with Crippen LogP contribution in [-0.2, 0) is 17.6 Å². The molecule has 1 atom stereocenters. The van der Waals surface area contributed by atoms with Crippen molar-refractivity contribution in [2.45, 2.75) is 56.7 Å². The molecule has 0 bridgehead atoms. The summed E-state index contributed by atoms with van der Waals surface area (Å²) < 4.78 is 0. The number of rotatable bonds is 6. The Morgan fingerprint density at radius 3 is 2.49 bits per heavy atom. The van der Waals surface area contributed by atoms with Crippen LogP contribution in [0.4, 0.5) is 15.3 Å². The summed E-state index contributed by atoms with van der Waals surface area (Å²) in [7, 11) is 0. The Hall–Kier alpha value is -3.87. The Kier molecular flexibility index (Phi) is 9.51. The van der Waals surface area contributed by atoms with Crippen molar-refractivity contribution in [3.05, 3.63) is 58.7 Å². The summed E-state index contributed by atoms with van der Waals surface area (Å²) in [6, 6.07) is 11.3. The molecule has 4 N–H and O–H groups in total. The van der Waals surface area contributed by atoms with E-state index in [4.69, 9.17) is 11.6 Å². The topological polar surface area (TPSA) is 129 Å². The SMILES string of the molecule is O=C(NC(Cc1cc(Cl)c2[nH]ncc2c1)C(=O)N1CCN(C2CCNCC2)CC1)N1CCC(N2CCc3ccccc3NC2=O)CC1. The summed E-state index contributed by atoms with van der Waals surface area (Å²) in [6.45, 7) is 6.71. The Morgan fingerprint density at radius 2 is 1.70 bits per heavy atom. The van der Waals surface area contributed by atoms with Crippen LogP contribution in [0, 0.1) is 0 Å². The third kappa shape index (κ3) is 7.05. The normalized spacial score (nSPS) is 20.9. The largest absolute Gasteiger partial charge is 0.338 e. The number of carbonyl (C=O) groups excluding carboxylic acids is 3. The number of carbonyl (C=O) groups is 3. The lowest BCUT2D eigenvalue weighted by molar-refractivity contribution is -0.135. The highest BCUT2D eigenvalue weighted by Crippen LogP contribution is 2.26. The maximum Gasteiger partial charge on any atom is 0.322 e. The summed E-state index contributed by atoms with van der Waals surface area (Å²) in [6.07, 6.45) is 6.47. The summed E-state index contributed by atoms with van der Waals surface area (Å²) in [5, 5.41) is 18.0. The number of urea groups is 2. The predicted octanol–water partition coefficient (Wildman–Crippen LogP) is 3.29. The van der Waals surface area contributed by atoms with Crippen molar-refractivity contribution in [2.75, 3.05) is 64.2 Å². The number of likely N-dealkylation sites (tertiary alicyclic amines) is 1. The Bertz CT molecular complexity index is 1590. The number of hydrogen-bond acceptors (Lipinski definition) is 6. The molecule has 3 fully saturated rings. The van der Waals surface area contributed by atoms with Crippen LogP contribution < -0.4 is 16.0 Å². The zero-order chi connectivity index (χ0) is 32.3. The standard InChI is InChI=1S/C34H44ClN9O3/c35-28-20-23(19-25-22-37-40-31(25)28)21-30(32(45)42-17-15-41(16-18-42)26-5-10-36-11-6-26)39-33(46)43-12-8-27(9-13-43)44-14-7-24-3-1-2-4-29(24)38-34(44)47/h1-4,19-20,22,26-27,30,36H,5-18,21H2,(H,37,40)(H,38,47)(H,39,46). The average molecular weight is 662 g/mol. The van der Waals surface area contributed by atoms with Crippen molar-refractivity contribution >= 4 is 46.2 Å². The number of para-hydroxylation sites is 1. The zero-order valence-corrected chi connectivity index (χ0v) is 27.5. The van der Waals surface area contributed by atoms with E-state index in [1.165, 1.54) is 0 Å². The molecule has 4 aliphatic rings. The summed E-state index contributed by atoms with van der Waals surface area (Å²) in [4.78, 5) is 49.0. The molecule has 47 heavy (non-hydrogen) atoms. The van der Waals surface area contributed by atoms with E-state index >= 15 is 0 Å². The number of aromatic amines is 1. The summed E-state index contributed by atoms with van der Waals surface area (Å²) in [5.41, 5.74) is 3.62. The van der Waals surface area contributed by atoms with E-state index in [-0.39, 0.29) is 24.0 Å². The van der Waals surface area contributed by atoms with Gasteiger partial charge in [-0.05, 0) is 74.5 Å². The molecular formula is C34H44ClN9O3. The lowest BCUT2D eigenvalue weighted by atomic mass is 10.0. The first-order chi connectivity index (χ1) is 22.9. The second-order valence-electron chi connectivity index (χ2n) is 13.2. The van der Waals surface area contributed by atoms with Crippen molar-refractivity contribution in [1.29, 1.82) is 0 Å². The fraction of sp³-hybridized carbons (Fsp3) is 0.529. The number of aromatic nitrogens is 2. The second-order valence-corrected chi connectivity index (χ2v) is 13.6. The number of nitrogens with zero attached hydrogens (tertiary/aromatic N) is 5. The first-order valence-electron chi connectivity index (χ1n) is 17.0. The highest BCUT2D eigenvalue weighted by atomic mass is 35.5. The Morgan fingerprint density at radius 1 is 0.936 bits per heavy atom. The van der Waals surface area contributed by atoms with Crippen LogP contribution in [0.5, 0.6) is 0 Å². The van der Waals surface area contributed by atoms with E-state index < -0.39 is 6.04 Å². The number of piperidine rings is 2. The van der Waals surface area contributed by atoms with E-state index in [1.807, 2.05) is 40.1 Å². The molecule has 12 nitrogen and oxygen atoms in total. The molecule has 13 heteroatoms. The van der Waals surface area contributed by atoms with Gasteiger partial charge < -0.3 is 30.7 Å². The van der Waals surface area contributed by atoms with Gasteiger partial charge in [0.05, 0.1) is 16.7 Å². The van der Waals surface area contributed by atoms with Gasteiger partial charge in [0.1, 0.15) is 6.04 Å². The highest BCUT2D eigenvalue weighted by Gasteiger charge is 2.35. The van der Waals surface area contributed by atoms with Crippen LogP contribution in [-0.4, -0.2) is 125 Å². The number of H-pyrrole nitrogens is 1. The van der Waals surface area contributed by atoms with Crippen LogP contribution in [0.2, 0.25) is 5.02 Å². The molecule has 0 radical (unpaired) electrons. The van der Waals surface area contributed by atoms with Gasteiger partial charge in [-0.3, -0.25) is 14.8 Å². The number of halogens is 1. The molecule has 250 valence electrons. The fourth-order valence-electron chi connectivity index (χ4n) is 7.68. The van der Waals surface area contributed by atoms with Gasteiger partial charge in [0, 0.05) is 75.4 Å². The van der Waals surface area contributed by atoms with Gasteiger partial charge in [-0.1, -0.05) is 29.8 Å². The molecule has 4 aliphatic heterocycles. The molecule has 0 saturated carbocycles. The average Bonchev–Trinajstić information content (AvgIpc) is 3.52. The molecule has 0 aliphatic carbocycles. The van der Waals surface area contributed by atoms with Gasteiger partial charge in [-0.15, -0.1) is 0 Å². The van der Waals surface area contributed by atoms with Crippen LogP contribution in [0.15, 0.2) is 42.6 Å². The molecule has 7 rings (SSSR count). The van der Waals surface area contributed by atoms with Crippen molar-refractivity contribution in [3.8, 4) is 0 Å². The number of anilines is 1. The number of fused-ring (bicyclic) bond motifs is 2. The van der Waals surface area contributed by atoms with Crippen LogP contribution in [0.1, 0.15) is 36.8 Å². The van der Waals surface area contributed by atoms with E-state index in [0.717, 1.165) is 73.2 Å². The van der Waals surface area contributed by atoms with E-state index in [9.17, 15) is 14.4 Å². The molecule has 1 unspecified atom stereocenters. The number of amides is 5. The number of nitrogens with one attached hydrogen (secondary N) is 4. The molecule has 5 heterocycles. The molecule has 3 aromatic rings. The van der Waals surface area contributed by atoms with Gasteiger partial charge in [-0.2, -0.15) is 5.10 Å². The van der Waals surface area contributed by atoms with Crippen LogP contribution in [0.3, 0.4) is 0 Å². The minimum absolute atomic E-state index is 0.0471. The van der Waals surface area contributed by atoms with E-state index in [0.29, 0.717) is 63.1 Å². The van der Waals surface area contributed by atoms with Crippen molar-refractivity contribution in [1.82, 2.24) is 40.4 Å². The van der Waals surface area contributed by atoms with Crippen molar-refractivity contribution in [2.24, 2.45) is 0 Å². The second kappa shape index (κ2) is 14.1.